The first kappa shape index (κ1) is 11.5. The van der Waals surface area contributed by atoms with E-state index in [0.717, 1.165) is 6.42 Å². The first-order valence-electron chi connectivity index (χ1n) is 6.74. The lowest BCUT2D eigenvalue weighted by Gasteiger charge is -2.13. The van der Waals surface area contributed by atoms with Crippen LogP contribution in [0.25, 0.3) is 0 Å². The van der Waals surface area contributed by atoms with Gasteiger partial charge in [-0.15, -0.1) is 0 Å². The van der Waals surface area contributed by atoms with Crippen molar-refractivity contribution in [2.75, 3.05) is 0 Å². The van der Waals surface area contributed by atoms with Gasteiger partial charge in [-0.05, 0) is 47.9 Å². The predicted octanol–water partition coefficient (Wildman–Crippen LogP) is 3.42. The van der Waals surface area contributed by atoms with E-state index in [1.54, 1.807) is 0 Å². The smallest absolute Gasteiger partial charge is 0.0335 e. The fraction of sp³-hybridized carbons (Fsp3) is 0.294. The van der Waals surface area contributed by atoms with Gasteiger partial charge in [0.2, 0.25) is 0 Å². The van der Waals surface area contributed by atoms with Crippen LogP contribution in [0.4, 0.5) is 0 Å². The number of aryl methyl sites for hydroxylation is 2. The molecule has 1 aliphatic rings. The van der Waals surface area contributed by atoms with Gasteiger partial charge in [-0.25, -0.2) is 0 Å². The second kappa shape index (κ2) is 4.95. The second-order valence-electron chi connectivity index (χ2n) is 5.18. The van der Waals surface area contributed by atoms with E-state index in [4.69, 9.17) is 5.73 Å². The summed E-state index contributed by atoms with van der Waals surface area (Å²) in [5, 5.41) is 0. The fourth-order valence-electron chi connectivity index (χ4n) is 2.82. The van der Waals surface area contributed by atoms with E-state index in [9.17, 15) is 0 Å². The first-order valence-corrected chi connectivity index (χ1v) is 6.74. The van der Waals surface area contributed by atoms with Crippen molar-refractivity contribution in [1.29, 1.82) is 0 Å². The third-order valence-corrected chi connectivity index (χ3v) is 3.85. The maximum atomic E-state index is 6.27. The third-order valence-electron chi connectivity index (χ3n) is 3.85. The zero-order valence-corrected chi connectivity index (χ0v) is 10.6. The number of rotatable bonds is 3. The van der Waals surface area contributed by atoms with Gasteiger partial charge in [0.15, 0.2) is 0 Å². The van der Waals surface area contributed by atoms with Crippen molar-refractivity contribution in [2.45, 2.75) is 31.7 Å². The Morgan fingerprint density at radius 2 is 1.72 bits per heavy atom. The Kier molecular flexibility index (Phi) is 3.16. The van der Waals surface area contributed by atoms with Crippen LogP contribution in [0, 0.1) is 0 Å². The molecule has 1 nitrogen and oxygen atoms in total. The molecule has 1 unspecified atom stereocenters. The molecule has 2 aromatic rings. The summed E-state index contributed by atoms with van der Waals surface area (Å²) in [6.07, 6.45) is 4.73. The van der Waals surface area contributed by atoms with Gasteiger partial charge in [0, 0.05) is 6.04 Å². The second-order valence-corrected chi connectivity index (χ2v) is 5.18. The van der Waals surface area contributed by atoms with Crippen LogP contribution < -0.4 is 5.73 Å². The topological polar surface area (TPSA) is 26.0 Å². The molecular weight excluding hydrogens is 218 g/mol. The highest BCUT2D eigenvalue weighted by molar-refractivity contribution is 5.36. The monoisotopic (exact) mass is 237 g/mol. The molecule has 2 aromatic carbocycles. The van der Waals surface area contributed by atoms with Crippen molar-refractivity contribution in [3.8, 4) is 0 Å². The summed E-state index contributed by atoms with van der Waals surface area (Å²) in [5.41, 5.74) is 11.9. The normalized spacial score (nSPS) is 15.4. The molecule has 0 aromatic heterocycles. The van der Waals surface area contributed by atoms with Crippen LogP contribution in [-0.2, 0) is 19.3 Å². The van der Waals surface area contributed by atoms with Gasteiger partial charge in [0.1, 0.15) is 0 Å². The Morgan fingerprint density at radius 1 is 0.944 bits per heavy atom. The maximum absolute atomic E-state index is 6.27. The van der Waals surface area contributed by atoms with Gasteiger partial charge in [-0.1, -0.05) is 48.5 Å². The number of nitrogens with two attached hydrogens (primary N) is 1. The zero-order chi connectivity index (χ0) is 12.4. The number of hydrogen-bond acceptors (Lipinski definition) is 1. The molecular formula is C17H19N. The summed E-state index contributed by atoms with van der Waals surface area (Å²) >= 11 is 0. The van der Waals surface area contributed by atoms with Gasteiger partial charge >= 0.3 is 0 Å². The van der Waals surface area contributed by atoms with Crippen molar-refractivity contribution in [1.82, 2.24) is 0 Å². The molecule has 1 aliphatic carbocycles. The van der Waals surface area contributed by atoms with Crippen LogP contribution in [0.15, 0.2) is 48.5 Å². The Labute approximate surface area is 109 Å². The molecule has 0 amide bonds. The van der Waals surface area contributed by atoms with Crippen molar-refractivity contribution in [3.63, 3.8) is 0 Å². The number of benzene rings is 2. The van der Waals surface area contributed by atoms with Gasteiger partial charge in [-0.3, -0.25) is 0 Å². The van der Waals surface area contributed by atoms with E-state index in [1.807, 2.05) is 6.07 Å². The summed E-state index contributed by atoms with van der Waals surface area (Å²) < 4.78 is 0. The predicted molar refractivity (Wildman–Crippen MR) is 75.5 cm³/mol. The molecule has 1 atom stereocenters. The highest BCUT2D eigenvalue weighted by Gasteiger charge is 2.12. The third kappa shape index (κ3) is 2.32. The summed E-state index contributed by atoms with van der Waals surface area (Å²) in [7, 11) is 0. The Balaban J connectivity index is 1.77. The molecule has 3 rings (SSSR count). The molecule has 2 N–H and O–H groups in total. The van der Waals surface area contributed by atoms with E-state index < -0.39 is 0 Å². The molecule has 0 saturated heterocycles. The number of hydrogen-bond donors (Lipinski definition) is 1. The van der Waals surface area contributed by atoms with E-state index in [0.29, 0.717) is 0 Å². The van der Waals surface area contributed by atoms with Crippen LogP contribution in [-0.4, -0.2) is 0 Å². The van der Waals surface area contributed by atoms with Crippen molar-refractivity contribution >= 4 is 0 Å². The van der Waals surface area contributed by atoms with Gasteiger partial charge in [0.05, 0.1) is 0 Å². The summed E-state index contributed by atoms with van der Waals surface area (Å²) in [4.78, 5) is 0. The lowest BCUT2D eigenvalue weighted by Crippen LogP contribution is -2.13. The van der Waals surface area contributed by atoms with Crippen LogP contribution >= 0.6 is 0 Å². The summed E-state index contributed by atoms with van der Waals surface area (Å²) in [6, 6.07) is 17.3. The number of fused-ring (bicyclic) bond motifs is 1. The molecule has 0 radical (unpaired) electrons. The molecule has 0 heterocycles. The van der Waals surface area contributed by atoms with Gasteiger partial charge in [0.25, 0.3) is 0 Å². The highest BCUT2D eigenvalue weighted by Crippen LogP contribution is 2.24. The Bertz CT molecular complexity index is 531. The molecule has 92 valence electrons. The van der Waals surface area contributed by atoms with Crippen LogP contribution in [0.3, 0.4) is 0 Å². The maximum Gasteiger partial charge on any atom is 0.0335 e. The SMILES string of the molecule is NC(Cc1ccc2c(c1)CCC2)c1ccccc1. The van der Waals surface area contributed by atoms with Crippen molar-refractivity contribution in [2.24, 2.45) is 5.73 Å². The van der Waals surface area contributed by atoms with E-state index in [-0.39, 0.29) is 6.04 Å². The van der Waals surface area contributed by atoms with E-state index >= 15 is 0 Å². The average molecular weight is 237 g/mol. The Hall–Kier alpha value is -1.60. The minimum absolute atomic E-state index is 0.102. The van der Waals surface area contributed by atoms with Gasteiger partial charge in [-0.2, -0.15) is 0 Å². The highest BCUT2D eigenvalue weighted by atomic mass is 14.6. The van der Waals surface area contributed by atoms with E-state index in [1.165, 1.54) is 41.5 Å². The van der Waals surface area contributed by atoms with Crippen LogP contribution in [0.1, 0.15) is 34.7 Å². The van der Waals surface area contributed by atoms with Crippen LogP contribution in [0.2, 0.25) is 0 Å². The zero-order valence-electron chi connectivity index (χ0n) is 10.6. The molecule has 18 heavy (non-hydrogen) atoms. The molecule has 1 heteroatoms. The van der Waals surface area contributed by atoms with Crippen molar-refractivity contribution in [3.05, 3.63) is 70.8 Å². The minimum Gasteiger partial charge on any atom is -0.324 e. The summed E-state index contributed by atoms with van der Waals surface area (Å²) in [6.45, 7) is 0. The standard InChI is InChI=1S/C17H19N/c18-17(15-5-2-1-3-6-15)12-13-9-10-14-7-4-8-16(14)11-13/h1-3,5-6,9-11,17H,4,7-8,12,18H2. The van der Waals surface area contributed by atoms with Gasteiger partial charge < -0.3 is 5.73 Å². The molecule has 0 aliphatic heterocycles. The molecule has 0 saturated carbocycles. The fourth-order valence-corrected chi connectivity index (χ4v) is 2.82. The summed E-state index contributed by atoms with van der Waals surface area (Å²) in [5.74, 6) is 0. The lowest BCUT2D eigenvalue weighted by atomic mass is 9.97. The minimum atomic E-state index is 0.102. The quantitative estimate of drug-likeness (QED) is 0.869. The van der Waals surface area contributed by atoms with Crippen LogP contribution in [0.5, 0.6) is 0 Å². The molecule has 0 bridgehead atoms. The largest absolute Gasteiger partial charge is 0.324 e. The first-order chi connectivity index (χ1) is 8.83. The lowest BCUT2D eigenvalue weighted by molar-refractivity contribution is 0.721. The molecule has 0 fully saturated rings. The Morgan fingerprint density at radius 3 is 2.56 bits per heavy atom. The van der Waals surface area contributed by atoms with E-state index in [2.05, 4.69) is 42.5 Å². The average Bonchev–Trinajstić information content (AvgIpc) is 2.87. The van der Waals surface area contributed by atoms with Crippen molar-refractivity contribution < 1.29 is 0 Å². The molecule has 0 spiro atoms.